The van der Waals surface area contributed by atoms with Gasteiger partial charge in [-0.2, -0.15) is 0 Å². The maximum Gasteiger partial charge on any atom is 0.243 e. The number of benzene rings is 1. The molecule has 1 aromatic heterocycles. The van der Waals surface area contributed by atoms with Gasteiger partial charge < -0.3 is 10.2 Å². The van der Waals surface area contributed by atoms with Gasteiger partial charge in [0, 0.05) is 22.6 Å². The Bertz CT molecular complexity index is 730. The normalized spacial score (nSPS) is 10.4. The van der Waals surface area contributed by atoms with Gasteiger partial charge in [-0.3, -0.25) is 9.59 Å². The van der Waals surface area contributed by atoms with Crippen LogP contribution in [0.25, 0.3) is 0 Å². The molecule has 0 bridgehead atoms. The molecule has 1 aromatic carbocycles. The van der Waals surface area contributed by atoms with E-state index in [1.54, 1.807) is 7.05 Å². The summed E-state index contributed by atoms with van der Waals surface area (Å²) in [4.78, 5) is 29.9. The maximum absolute atomic E-state index is 12.1. The Morgan fingerprint density at radius 3 is 2.70 bits per heavy atom. The molecule has 2 rings (SSSR count). The zero-order chi connectivity index (χ0) is 17.0. The highest BCUT2D eigenvalue weighted by Gasteiger charge is 2.15. The van der Waals surface area contributed by atoms with Crippen LogP contribution in [0.3, 0.4) is 0 Å². The smallest absolute Gasteiger partial charge is 0.243 e. The van der Waals surface area contributed by atoms with Crippen LogP contribution in [0.1, 0.15) is 16.3 Å². The summed E-state index contributed by atoms with van der Waals surface area (Å²) >= 11 is 4.90. The number of anilines is 1. The number of aryl methyl sites for hydroxylation is 2. The van der Waals surface area contributed by atoms with E-state index in [2.05, 4.69) is 26.2 Å². The third-order valence-corrected chi connectivity index (χ3v) is 4.58. The van der Waals surface area contributed by atoms with Crippen molar-refractivity contribution in [3.05, 3.63) is 44.3 Å². The minimum atomic E-state index is -0.222. The first-order valence-corrected chi connectivity index (χ1v) is 8.73. The molecule has 1 N–H and O–H groups in total. The van der Waals surface area contributed by atoms with E-state index in [0.717, 1.165) is 26.4 Å². The van der Waals surface area contributed by atoms with Crippen molar-refractivity contribution < 1.29 is 9.59 Å². The second-order valence-corrected chi connectivity index (χ2v) is 7.27. The molecule has 2 aromatic rings. The van der Waals surface area contributed by atoms with Gasteiger partial charge in [-0.15, -0.1) is 11.3 Å². The SMILES string of the molecule is Cc1nc(CC(=O)N(C)CC(=O)Nc2ccc(Br)cc2C)cs1. The van der Waals surface area contributed by atoms with Crippen LogP contribution in [-0.2, 0) is 16.0 Å². The van der Waals surface area contributed by atoms with Gasteiger partial charge in [0.15, 0.2) is 0 Å². The summed E-state index contributed by atoms with van der Waals surface area (Å²) in [7, 11) is 1.62. The van der Waals surface area contributed by atoms with Crippen molar-refractivity contribution in [3.63, 3.8) is 0 Å². The number of hydrogen-bond donors (Lipinski definition) is 1. The molecule has 0 unspecified atom stereocenters. The molecular formula is C16H18BrN3O2S. The number of thiazole rings is 1. The second kappa shape index (κ2) is 7.70. The fourth-order valence-corrected chi connectivity index (χ4v) is 3.13. The Morgan fingerprint density at radius 2 is 2.09 bits per heavy atom. The molecule has 0 radical (unpaired) electrons. The molecule has 7 heteroatoms. The van der Waals surface area contributed by atoms with E-state index in [1.807, 2.05) is 37.4 Å². The number of nitrogens with one attached hydrogen (secondary N) is 1. The minimum absolute atomic E-state index is 0.0114. The van der Waals surface area contributed by atoms with Gasteiger partial charge in [-0.05, 0) is 37.6 Å². The third-order valence-electron chi connectivity index (χ3n) is 3.27. The Balaban J connectivity index is 1.89. The Hall–Kier alpha value is -1.73. The molecule has 122 valence electrons. The lowest BCUT2D eigenvalue weighted by Crippen LogP contribution is -2.36. The number of likely N-dealkylation sites (N-methyl/N-ethyl adjacent to an activating group) is 1. The Labute approximate surface area is 147 Å². The van der Waals surface area contributed by atoms with Gasteiger partial charge in [0.05, 0.1) is 23.7 Å². The van der Waals surface area contributed by atoms with Crippen LogP contribution in [0.4, 0.5) is 5.69 Å². The zero-order valence-corrected chi connectivity index (χ0v) is 15.6. The van der Waals surface area contributed by atoms with Gasteiger partial charge >= 0.3 is 0 Å². The van der Waals surface area contributed by atoms with Gasteiger partial charge in [0.25, 0.3) is 0 Å². The first-order valence-electron chi connectivity index (χ1n) is 7.06. The lowest BCUT2D eigenvalue weighted by atomic mass is 10.2. The van der Waals surface area contributed by atoms with E-state index >= 15 is 0 Å². The molecule has 23 heavy (non-hydrogen) atoms. The number of aromatic nitrogens is 1. The van der Waals surface area contributed by atoms with Gasteiger partial charge in [0.2, 0.25) is 11.8 Å². The summed E-state index contributed by atoms with van der Waals surface area (Å²) in [6, 6.07) is 5.62. The van der Waals surface area contributed by atoms with Crippen molar-refractivity contribution in [2.75, 3.05) is 18.9 Å². The monoisotopic (exact) mass is 395 g/mol. The summed E-state index contributed by atoms with van der Waals surface area (Å²) in [5.74, 6) is -0.348. The van der Waals surface area contributed by atoms with Crippen molar-refractivity contribution >= 4 is 44.8 Å². The van der Waals surface area contributed by atoms with Crippen molar-refractivity contribution in [1.29, 1.82) is 0 Å². The fraction of sp³-hybridized carbons (Fsp3) is 0.312. The average molecular weight is 396 g/mol. The molecule has 0 fully saturated rings. The molecule has 5 nitrogen and oxygen atoms in total. The molecule has 0 aliphatic carbocycles. The number of carbonyl (C=O) groups is 2. The topological polar surface area (TPSA) is 62.3 Å². The van der Waals surface area contributed by atoms with Gasteiger partial charge in [-0.25, -0.2) is 4.98 Å². The molecule has 1 heterocycles. The lowest BCUT2D eigenvalue weighted by molar-refractivity contribution is -0.132. The minimum Gasteiger partial charge on any atom is -0.336 e. The highest BCUT2D eigenvalue weighted by atomic mass is 79.9. The average Bonchev–Trinajstić information content (AvgIpc) is 2.87. The largest absolute Gasteiger partial charge is 0.336 e. The van der Waals surface area contributed by atoms with Crippen molar-refractivity contribution in [2.24, 2.45) is 0 Å². The quantitative estimate of drug-likeness (QED) is 0.845. The van der Waals surface area contributed by atoms with E-state index in [1.165, 1.54) is 16.2 Å². The third kappa shape index (κ3) is 5.14. The first-order chi connectivity index (χ1) is 10.8. The van der Waals surface area contributed by atoms with Crippen molar-refractivity contribution in [1.82, 2.24) is 9.88 Å². The predicted molar refractivity (Wildman–Crippen MR) is 95.7 cm³/mol. The van der Waals surface area contributed by atoms with E-state index in [4.69, 9.17) is 0 Å². The first kappa shape index (κ1) is 17.6. The molecular weight excluding hydrogens is 378 g/mol. The highest BCUT2D eigenvalue weighted by Crippen LogP contribution is 2.20. The number of halogens is 1. The van der Waals surface area contributed by atoms with Gasteiger partial charge in [0.1, 0.15) is 0 Å². The highest BCUT2D eigenvalue weighted by molar-refractivity contribution is 9.10. The molecule has 2 amide bonds. The standard InChI is InChI=1S/C16H18BrN3O2S/c1-10-6-12(17)4-5-14(10)19-15(21)8-20(3)16(22)7-13-9-23-11(2)18-13/h4-6,9H,7-8H2,1-3H3,(H,19,21). The number of hydrogen-bond acceptors (Lipinski definition) is 4. The van der Waals surface area contributed by atoms with Crippen LogP contribution >= 0.6 is 27.3 Å². The van der Waals surface area contributed by atoms with E-state index in [-0.39, 0.29) is 24.8 Å². The molecule has 0 spiro atoms. The van der Waals surface area contributed by atoms with Gasteiger partial charge in [-0.1, -0.05) is 15.9 Å². The molecule has 0 saturated heterocycles. The maximum atomic E-state index is 12.1. The van der Waals surface area contributed by atoms with Crippen LogP contribution in [0.5, 0.6) is 0 Å². The summed E-state index contributed by atoms with van der Waals surface area (Å²) < 4.78 is 0.957. The van der Waals surface area contributed by atoms with Crippen LogP contribution in [0, 0.1) is 13.8 Å². The number of carbonyl (C=O) groups excluding carboxylic acids is 2. The van der Waals surface area contributed by atoms with E-state index in [0.29, 0.717) is 0 Å². The fourth-order valence-electron chi connectivity index (χ4n) is 2.04. The molecule has 0 aliphatic heterocycles. The van der Waals surface area contributed by atoms with E-state index in [9.17, 15) is 9.59 Å². The molecule has 0 aliphatic rings. The number of amides is 2. The summed E-state index contributed by atoms with van der Waals surface area (Å²) in [5, 5.41) is 5.62. The van der Waals surface area contributed by atoms with Crippen molar-refractivity contribution in [3.8, 4) is 0 Å². The van der Waals surface area contributed by atoms with Crippen LogP contribution in [0.15, 0.2) is 28.1 Å². The number of rotatable bonds is 5. The number of nitrogens with zero attached hydrogens (tertiary/aromatic N) is 2. The Morgan fingerprint density at radius 1 is 1.35 bits per heavy atom. The van der Waals surface area contributed by atoms with E-state index < -0.39 is 0 Å². The summed E-state index contributed by atoms with van der Waals surface area (Å²) in [5.41, 5.74) is 2.45. The molecule has 0 atom stereocenters. The lowest BCUT2D eigenvalue weighted by Gasteiger charge is -2.17. The predicted octanol–water partition coefficient (Wildman–Crippen LogP) is 3.16. The van der Waals surface area contributed by atoms with Crippen LogP contribution in [-0.4, -0.2) is 35.3 Å². The zero-order valence-electron chi connectivity index (χ0n) is 13.2. The Kier molecular flexibility index (Phi) is 5.90. The van der Waals surface area contributed by atoms with Crippen molar-refractivity contribution in [2.45, 2.75) is 20.3 Å². The van der Waals surface area contributed by atoms with Crippen LogP contribution < -0.4 is 5.32 Å². The summed E-state index contributed by atoms with van der Waals surface area (Å²) in [6.07, 6.45) is 0.214. The summed E-state index contributed by atoms with van der Waals surface area (Å²) in [6.45, 7) is 3.83. The van der Waals surface area contributed by atoms with Crippen LogP contribution in [0.2, 0.25) is 0 Å². The second-order valence-electron chi connectivity index (χ2n) is 5.29. The molecule has 0 saturated carbocycles.